The van der Waals surface area contributed by atoms with E-state index in [2.05, 4.69) is 10.6 Å². The molecule has 0 fully saturated rings. The molecule has 1 atom stereocenters. The molecule has 26 heavy (non-hydrogen) atoms. The number of hydrogen-bond acceptors (Lipinski definition) is 5. The highest BCUT2D eigenvalue weighted by atomic mass is 16.5. The fraction of sp³-hybridized carbons (Fsp3) is 0.300. The third-order valence-electron chi connectivity index (χ3n) is 3.64. The van der Waals surface area contributed by atoms with Gasteiger partial charge in [0.05, 0.1) is 0 Å². The first-order valence-electron chi connectivity index (χ1n) is 8.56. The largest absolute Gasteiger partial charge is 0.491 e. The molecular formula is C20H24N2O4. The predicted molar refractivity (Wildman–Crippen MR) is 98.7 cm³/mol. The molecule has 0 saturated heterocycles. The van der Waals surface area contributed by atoms with Crippen LogP contribution in [0.5, 0.6) is 5.75 Å². The minimum Gasteiger partial charge on any atom is -0.491 e. The van der Waals surface area contributed by atoms with E-state index in [-0.39, 0.29) is 19.6 Å². The van der Waals surface area contributed by atoms with Crippen LogP contribution in [0.15, 0.2) is 60.7 Å². The van der Waals surface area contributed by atoms with Crippen molar-refractivity contribution in [1.29, 1.82) is 0 Å². The van der Waals surface area contributed by atoms with Crippen molar-refractivity contribution in [3.8, 4) is 5.75 Å². The van der Waals surface area contributed by atoms with Gasteiger partial charge < -0.3 is 20.5 Å². The highest BCUT2D eigenvalue weighted by Crippen LogP contribution is 2.08. The smallest absolute Gasteiger partial charge is 0.287 e. The van der Waals surface area contributed by atoms with E-state index in [1.54, 1.807) is 0 Å². The third-order valence-corrected chi connectivity index (χ3v) is 3.64. The van der Waals surface area contributed by atoms with Crippen LogP contribution in [0, 0.1) is 0 Å². The predicted octanol–water partition coefficient (Wildman–Crippen LogP) is 1.29. The molecule has 0 spiro atoms. The lowest BCUT2D eigenvalue weighted by Crippen LogP contribution is -2.35. The summed E-state index contributed by atoms with van der Waals surface area (Å²) in [5.74, 6) is -0.385. The van der Waals surface area contributed by atoms with Crippen LogP contribution in [-0.4, -0.2) is 42.6 Å². The zero-order chi connectivity index (χ0) is 18.6. The van der Waals surface area contributed by atoms with Gasteiger partial charge in [0, 0.05) is 26.1 Å². The number of amides is 1. The molecule has 6 heteroatoms. The van der Waals surface area contributed by atoms with Gasteiger partial charge in [0.1, 0.15) is 18.5 Å². The number of ether oxygens (including phenoxy) is 1. The normalized spacial score (nSPS) is 11.6. The average molecular weight is 356 g/mol. The number of carbonyl (C=O) groups is 2. The van der Waals surface area contributed by atoms with Crippen LogP contribution in [0.2, 0.25) is 0 Å². The second-order valence-corrected chi connectivity index (χ2v) is 5.82. The van der Waals surface area contributed by atoms with Crippen molar-refractivity contribution in [2.24, 2.45) is 0 Å². The van der Waals surface area contributed by atoms with E-state index >= 15 is 0 Å². The van der Waals surface area contributed by atoms with Gasteiger partial charge in [-0.15, -0.1) is 0 Å². The Labute approximate surface area is 153 Å². The molecule has 3 N–H and O–H groups in total. The van der Waals surface area contributed by atoms with E-state index in [1.807, 2.05) is 60.7 Å². The Hall–Kier alpha value is -2.70. The first-order valence-corrected chi connectivity index (χ1v) is 8.56. The van der Waals surface area contributed by atoms with Crippen molar-refractivity contribution in [3.63, 3.8) is 0 Å². The number of nitrogens with one attached hydrogen (secondary N) is 2. The molecule has 0 heterocycles. The van der Waals surface area contributed by atoms with Gasteiger partial charge in [-0.25, -0.2) is 0 Å². The van der Waals surface area contributed by atoms with Gasteiger partial charge >= 0.3 is 0 Å². The first-order chi connectivity index (χ1) is 12.6. The Balaban J connectivity index is 1.55. The van der Waals surface area contributed by atoms with Crippen LogP contribution >= 0.6 is 0 Å². The highest BCUT2D eigenvalue weighted by molar-refractivity contribution is 6.36. The Bertz CT molecular complexity index is 677. The van der Waals surface area contributed by atoms with E-state index < -0.39 is 17.8 Å². The third kappa shape index (κ3) is 7.46. The molecule has 0 aliphatic rings. The second kappa shape index (κ2) is 11.0. The lowest BCUT2D eigenvalue weighted by atomic mass is 10.2. The molecule has 1 unspecified atom stereocenters. The van der Waals surface area contributed by atoms with E-state index in [9.17, 15) is 14.7 Å². The van der Waals surface area contributed by atoms with Crippen LogP contribution in [0.1, 0.15) is 12.0 Å². The summed E-state index contributed by atoms with van der Waals surface area (Å²) < 4.78 is 5.44. The number of aliphatic hydroxyl groups excluding tert-OH is 1. The van der Waals surface area contributed by atoms with Gasteiger partial charge in [0.2, 0.25) is 5.78 Å². The molecule has 0 saturated carbocycles. The van der Waals surface area contributed by atoms with Gasteiger partial charge in [-0.05, 0) is 17.7 Å². The number of benzene rings is 2. The summed E-state index contributed by atoms with van der Waals surface area (Å²) in [6.07, 6.45) is -0.621. The quantitative estimate of drug-likeness (QED) is 0.417. The Morgan fingerprint density at radius 3 is 2.35 bits per heavy atom. The molecule has 0 aromatic heterocycles. The van der Waals surface area contributed by atoms with Crippen LogP contribution in [0.3, 0.4) is 0 Å². The summed E-state index contributed by atoms with van der Waals surface area (Å²) >= 11 is 0. The second-order valence-electron chi connectivity index (χ2n) is 5.82. The van der Waals surface area contributed by atoms with Crippen molar-refractivity contribution >= 4 is 11.7 Å². The maximum absolute atomic E-state index is 11.8. The van der Waals surface area contributed by atoms with Gasteiger partial charge in [-0.1, -0.05) is 48.5 Å². The Morgan fingerprint density at radius 2 is 1.65 bits per heavy atom. The lowest BCUT2D eigenvalue weighted by Gasteiger charge is -2.13. The number of aliphatic hydroxyl groups is 1. The zero-order valence-electron chi connectivity index (χ0n) is 14.6. The van der Waals surface area contributed by atoms with E-state index in [4.69, 9.17) is 4.74 Å². The van der Waals surface area contributed by atoms with Crippen molar-refractivity contribution in [3.05, 3.63) is 66.2 Å². The highest BCUT2D eigenvalue weighted by Gasteiger charge is 2.13. The van der Waals surface area contributed by atoms with Crippen LogP contribution in [-0.2, 0) is 16.1 Å². The van der Waals surface area contributed by atoms with Crippen LogP contribution in [0.25, 0.3) is 0 Å². The number of ketones is 1. The van der Waals surface area contributed by atoms with E-state index in [1.165, 1.54) is 0 Å². The minimum atomic E-state index is -0.697. The van der Waals surface area contributed by atoms with Gasteiger partial charge in [-0.3, -0.25) is 9.59 Å². The summed E-state index contributed by atoms with van der Waals surface area (Å²) in [4.78, 5) is 23.5. The minimum absolute atomic E-state index is 0.0763. The fourth-order valence-corrected chi connectivity index (χ4v) is 2.23. The van der Waals surface area contributed by atoms with Crippen molar-refractivity contribution in [2.75, 3.05) is 19.7 Å². The molecule has 2 rings (SSSR count). The summed E-state index contributed by atoms with van der Waals surface area (Å²) in [5.41, 5.74) is 0.938. The van der Waals surface area contributed by atoms with Crippen molar-refractivity contribution in [2.45, 2.75) is 19.1 Å². The molecule has 0 radical (unpaired) electrons. The standard InChI is InChI=1S/C20H24N2O4/c23-17(15-26-18-9-5-2-6-10-18)14-21-12-11-19(24)20(25)22-13-16-7-3-1-4-8-16/h1-10,17,21,23H,11-15H2,(H,22,25). The number of rotatable bonds is 11. The maximum atomic E-state index is 11.8. The molecule has 0 aliphatic heterocycles. The van der Waals surface area contributed by atoms with Crippen LogP contribution in [0.4, 0.5) is 0 Å². The molecule has 2 aromatic carbocycles. The van der Waals surface area contributed by atoms with Crippen molar-refractivity contribution in [1.82, 2.24) is 10.6 Å². The summed E-state index contributed by atoms with van der Waals surface area (Å²) in [6, 6.07) is 18.6. The van der Waals surface area contributed by atoms with Crippen LogP contribution < -0.4 is 15.4 Å². The van der Waals surface area contributed by atoms with Gasteiger partial charge in [0.15, 0.2) is 0 Å². The summed E-state index contributed by atoms with van der Waals surface area (Å²) in [7, 11) is 0. The monoisotopic (exact) mass is 356 g/mol. The average Bonchev–Trinajstić information content (AvgIpc) is 2.69. The number of carbonyl (C=O) groups excluding carboxylic acids is 2. The molecule has 6 nitrogen and oxygen atoms in total. The molecule has 0 bridgehead atoms. The Morgan fingerprint density at radius 1 is 1.00 bits per heavy atom. The maximum Gasteiger partial charge on any atom is 0.287 e. The molecule has 2 aromatic rings. The summed E-state index contributed by atoms with van der Waals surface area (Å²) in [6.45, 7) is 1.09. The van der Waals surface area contributed by atoms with Crippen molar-refractivity contribution < 1.29 is 19.4 Å². The van der Waals surface area contributed by atoms with Gasteiger partial charge in [0.25, 0.3) is 5.91 Å². The van der Waals surface area contributed by atoms with E-state index in [0.29, 0.717) is 18.8 Å². The molecule has 1 amide bonds. The van der Waals surface area contributed by atoms with Gasteiger partial charge in [-0.2, -0.15) is 0 Å². The zero-order valence-corrected chi connectivity index (χ0v) is 14.6. The van der Waals surface area contributed by atoms with E-state index in [0.717, 1.165) is 5.56 Å². The topological polar surface area (TPSA) is 87.7 Å². The number of hydrogen-bond donors (Lipinski definition) is 3. The Kier molecular flexibility index (Phi) is 8.32. The number of Topliss-reactive ketones (excluding diaryl/α,β-unsaturated/α-hetero) is 1. The lowest BCUT2D eigenvalue weighted by molar-refractivity contribution is -0.137. The number of para-hydroxylation sites is 1. The molecular weight excluding hydrogens is 332 g/mol. The molecule has 0 aliphatic carbocycles. The SMILES string of the molecule is O=C(CCNCC(O)COc1ccccc1)C(=O)NCc1ccccc1. The fourth-order valence-electron chi connectivity index (χ4n) is 2.23. The summed E-state index contributed by atoms with van der Waals surface area (Å²) in [5, 5.41) is 15.4. The molecule has 138 valence electrons. The first kappa shape index (κ1) is 19.6.